The van der Waals surface area contributed by atoms with Gasteiger partial charge in [0.15, 0.2) is 0 Å². The Morgan fingerprint density at radius 3 is 2.25 bits per heavy atom. The molecule has 0 saturated heterocycles. The first-order chi connectivity index (χ1) is 25.8. The van der Waals surface area contributed by atoms with Crippen LogP contribution in [-0.4, -0.2) is 4.98 Å². The number of rotatable bonds is 2. The zero-order chi connectivity index (χ0) is 34.2. The van der Waals surface area contributed by atoms with Gasteiger partial charge in [-0.15, -0.1) is 22.7 Å². The van der Waals surface area contributed by atoms with Crippen molar-refractivity contribution in [3.05, 3.63) is 161 Å². The lowest BCUT2D eigenvalue weighted by molar-refractivity contribution is 0.440. The number of nitrogens with one attached hydrogen (secondary N) is 1. The summed E-state index contributed by atoms with van der Waals surface area (Å²) in [4.78, 5) is 5.77. The predicted octanol–water partition coefficient (Wildman–Crippen LogP) is 12.8. The Morgan fingerprint density at radius 1 is 0.615 bits per heavy atom. The number of benzene rings is 5. The minimum absolute atomic E-state index is 0.804. The average molecular weight is 707 g/mol. The summed E-state index contributed by atoms with van der Waals surface area (Å²) in [5.41, 5.74) is 10.4. The van der Waals surface area contributed by atoms with Crippen molar-refractivity contribution in [1.82, 2.24) is 10.3 Å². The minimum atomic E-state index is 0.804. The third-order valence-electron chi connectivity index (χ3n) is 10.5. The topological polar surface area (TPSA) is 43.4 Å². The van der Waals surface area contributed by atoms with Crippen LogP contribution in [0.25, 0.3) is 69.7 Å². The van der Waals surface area contributed by atoms with Gasteiger partial charge in [-0.25, -0.2) is 0 Å². The highest BCUT2D eigenvalue weighted by Gasteiger charge is 2.26. The summed E-state index contributed by atoms with van der Waals surface area (Å²) in [7, 11) is 0. The second-order valence-corrected chi connectivity index (χ2v) is 15.6. The number of nitrogens with zero attached hydrogens (tertiary/aromatic N) is 1. The van der Waals surface area contributed by atoms with E-state index in [0.717, 1.165) is 70.2 Å². The molecule has 8 aromatic rings. The van der Waals surface area contributed by atoms with Crippen molar-refractivity contribution in [2.24, 2.45) is 0 Å². The van der Waals surface area contributed by atoms with Gasteiger partial charge in [-0.3, -0.25) is 4.98 Å². The van der Waals surface area contributed by atoms with Crippen LogP contribution < -0.4 is 14.8 Å². The van der Waals surface area contributed by atoms with E-state index >= 15 is 0 Å². The molecule has 4 nitrogen and oxygen atoms in total. The summed E-state index contributed by atoms with van der Waals surface area (Å²) in [5, 5.41) is 7.22. The summed E-state index contributed by atoms with van der Waals surface area (Å²) < 4.78 is 17.9. The number of hydrogen-bond acceptors (Lipinski definition) is 6. The van der Waals surface area contributed by atoms with Gasteiger partial charge in [0.1, 0.15) is 23.0 Å². The van der Waals surface area contributed by atoms with Gasteiger partial charge < -0.3 is 14.8 Å². The zero-order valence-electron chi connectivity index (χ0n) is 28.0. The summed E-state index contributed by atoms with van der Waals surface area (Å²) in [5.74, 6) is 3.30. The van der Waals surface area contributed by atoms with Crippen LogP contribution in [0.15, 0.2) is 140 Å². The normalized spacial score (nSPS) is 14.7. The van der Waals surface area contributed by atoms with Gasteiger partial charge in [-0.05, 0) is 89.9 Å². The fourth-order valence-corrected chi connectivity index (χ4v) is 10.4. The first-order valence-corrected chi connectivity index (χ1v) is 19.2. The third kappa shape index (κ3) is 4.68. The van der Waals surface area contributed by atoms with Gasteiger partial charge in [0.05, 0.1) is 4.70 Å². The standard InChI is InChI=1S/C46H30N2O2S2/c1-3-11-37-31(7-1)32-8-2-4-12-38(32)50-40-24-28(30-10-6-14-42-46(30)36-20-22-48-26-44(36)52-42)16-18-34(40)33-17-15-27(23-39(33)49-37)29-9-5-13-41-45(29)35-19-21-47-25-43(35)51-41/h1-15,17,19-24,26,47H,16,18,25H2. The van der Waals surface area contributed by atoms with E-state index in [1.54, 1.807) is 11.3 Å². The van der Waals surface area contributed by atoms with Crippen LogP contribution in [0.4, 0.5) is 0 Å². The molecule has 52 heavy (non-hydrogen) atoms. The van der Waals surface area contributed by atoms with Gasteiger partial charge in [-0.1, -0.05) is 72.8 Å². The Bertz CT molecular complexity index is 2870. The molecule has 0 unspecified atom stereocenters. The Labute approximate surface area is 308 Å². The molecule has 1 N–H and O–H groups in total. The van der Waals surface area contributed by atoms with Crippen molar-refractivity contribution in [2.75, 3.05) is 0 Å². The van der Waals surface area contributed by atoms with E-state index in [-0.39, 0.29) is 0 Å². The van der Waals surface area contributed by atoms with Crippen molar-refractivity contribution >= 4 is 70.2 Å². The maximum absolute atomic E-state index is 7.08. The smallest absolute Gasteiger partial charge is 0.135 e. The minimum Gasteiger partial charge on any atom is -0.456 e. The first-order valence-electron chi connectivity index (χ1n) is 17.6. The van der Waals surface area contributed by atoms with Crippen molar-refractivity contribution in [3.8, 4) is 39.5 Å². The number of hydrogen-bond donors (Lipinski definition) is 1. The number of allylic oxidation sites excluding steroid dienone is 3. The summed E-state index contributed by atoms with van der Waals surface area (Å²) in [6.07, 6.45) is 12.1. The first kappa shape index (κ1) is 29.7. The third-order valence-corrected chi connectivity index (χ3v) is 12.8. The molecule has 0 amide bonds. The second kappa shape index (κ2) is 11.8. The number of ether oxygens (including phenoxy) is 2. The largest absolute Gasteiger partial charge is 0.456 e. The van der Waals surface area contributed by atoms with Gasteiger partial charge >= 0.3 is 0 Å². The van der Waals surface area contributed by atoms with Crippen molar-refractivity contribution in [2.45, 2.75) is 19.4 Å². The van der Waals surface area contributed by atoms with Crippen LogP contribution >= 0.6 is 22.7 Å². The van der Waals surface area contributed by atoms with Gasteiger partial charge in [0.25, 0.3) is 0 Å². The summed E-state index contributed by atoms with van der Waals surface area (Å²) >= 11 is 3.67. The Morgan fingerprint density at radius 2 is 1.38 bits per heavy atom. The van der Waals surface area contributed by atoms with Crippen LogP contribution in [-0.2, 0) is 6.54 Å². The quantitative estimate of drug-likeness (QED) is 0.194. The fourth-order valence-electron chi connectivity index (χ4n) is 8.10. The van der Waals surface area contributed by atoms with E-state index in [2.05, 4.69) is 126 Å². The molecular weight excluding hydrogens is 677 g/mol. The molecule has 248 valence electrons. The number of pyridine rings is 1. The highest BCUT2D eigenvalue weighted by molar-refractivity contribution is 7.25. The molecule has 1 aliphatic carbocycles. The zero-order valence-corrected chi connectivity index (χ0v) is 29.6. The Hall–Kier alpha value is -5.95. The molecule has 3 aliphatic rings. The molecule has 0 bridgehead atoms. The summed E-state index contributed by atoms with van der Waals surface area (Å²) in [6, 6.07) is 38.8. The van der Waals surface area contributed by atoms with Crippen molar-refractivity contribution in [3.63, 3.8) is 0 Å². The van der Waals surface area contributed by atoms with Crippen LogP contribution in [0.1, 0.15) is 34.4 Å². The molecule has 11 rings (SSSR count). The molecule has 0 radical (unpaired) electrons. The molecule has 5 heterocycles. The molecule has 0 fully saturated rings. The molecular formula is C46H30N2O2S2. The molecule has 6 heteroatoms. The van der Waals surface area contributed by atoms with Crippen LogP contribution in [0.5, 0.6) is 17.2 Å². The van der Waals surface area contributed by atoms with Crippen LogP contribution in [0.2, 0.25) is 0 Å². The second-order valence-electron chi connectivity index (χ2n) is 13.4. The van der Waals surface area contributed by atoms with E-state index in [0.29, 0.717) is 0 Å². The molecule has 5 aromatic carbocycles. The maximum Gasteiger partial charge on any atom is 0.135 e. The summed E-state index contributed by atoms with van der Waals surface area (Å²) in [6.45, 7) is 0.858. The fraction of sp³-hybridized carbons (Fsp3) is 0.0652. The van der Waals surface area contributed by atoms with E-state index in [9.17, 15) is 0 Å². The SMILES string of the molecule is C1=Cc2c(sc3cccc(-c4ccc5c(c4)Oc4ccccc4-c4ccccc4OC4=C5CCC(c5cccc6sc7cnccc7c56)=C4)c23)CN1. The van der Waals surface area contributed by atoms with Crippen molar-refractivity contribution < 1.29 is 9.47 Å². The molecule has 3 aromatic heterocycles. The number of fused-ring (bicyclic) bond motifs is 11. The Kier molecular flexibility index (Phi) is 6.75. The molecule has 0 spiro atoms. The van der Waals surface area contributed by atoms with Crippen LogP contribution in [0, 0.1) is 0 Å². The lowest BCUT2D eigenvalue weighted by atomic mass is 9.86. The van der Waals surface area contributed by atoms with E-state index in [1.807, 2.05) is 35.9 Å². The van der Waals surface area contributed by atoms with E-state index < -0.39 is 0 Å². The molecule has 0 saturated carbocycles. The number of para-hydroxylation sites is 2. The molecule has 0 atom stereocenters. The lowest BCUT2D eigenvalue weighted by Gasteiger charge is -2.26. The maximum atomic E-state index is 7.08. The van der Waals surface area contributed by atoms with Crippen molar-refractivity contribution in [1.29, 1.82) is 0 Å². The highest BCUT2D eigenvalue weighted by Crippen LogP contribution is 2.49. The molecule has 2 aliphatic heterocycles. The average Bonchev–Trinajstić information content (AvgIpc) is 3.77. The lowest BCUT2D eigenvalue weighted by Crippen LogP contribution is -2.08. The van der Waals surface area contributed by atoms with E-state index in [4.69, 9.17) is 9.47 Å². The number of aromatic nitrogens is 1. The predicted molar refractivity (Wildman–Crippen MR) is 217 cm³/mol. The van der Waals surface area contributed by atoms with Gasteiger partial charge in [0, 0.05) is 77.2 Å². The van der Waals surface area contributed by atoms with Crippen LogP contribution in [0.3, 0.4) is 0 Å². The highest BCUT2D eigenvalue weighted by atomic mass is 32.1. The Balaban J connectivity index is 1.14. The van der Waals surface area contributed by atoms with Gasteiger partial charge in [0.2, 0.25) is 0 Å². The van der Waals surface area contributed by atoms with Gasteiger partial charge in [-0.2, -0.15) is 0 Å². The monoisotopic (exact) mass is 706 g/mol. The van der Waals surface area contributed by atoms with E-state index in [1.165, 1.54) is 57.4 Å². The number of thiophene rings is 2.